The van der Waals surface area contributed by atoms with Crippen LogP contribution in [-0.2, 0) is 22.7 Å². The fraction of sp³-hybridized carbons (Fsp3) is 0.238. The molecule has 0 aliphatic heterocycles. The minimum Gasteiger partial charge on any atom is -0.365 e. The SMILES string of the molecule is CCS(=O)(=O)Nc1ccc(C)cc1CNc1nc(Nc2ccccc2)ncc1C(F)(F)F. The summed E-state index contributed by atoms with van der Waals surface area (Å²) in [6, 6.07) is 13.8. The fourth-order valence-electron chi connectivity index (χ4n) is 2.82. The van der Waals surface area contributed by atoms with Crippen molar-refractivity contribution in [2.45, 2.75) is 26.6 Å². The van der Waals surface area contributed by atoms with Crippen molar-refractivity contribution >= 4 is 33.2 Å². The quantitative estimate of drug-likeness (QED) is 0.437. The van der Waals surface area contributed by atoms with Crippen LogP contribution in [0.15, 0.2) is 54.7 Å². The van der Waals surface area contributed by atoms with Gasteiger partial charge in [0.15, 0.2) is 0 Å². The number of alkyl halides is 3. The van der Waals surface area contributed by atoms with Gasteiger partial charge in [-0.05, 0) is 37.6 Å². The highest BCUT2D eigenvalue weighted by molar-refractivity contribution is 7.92. The van der Waals surface area contributed by atoms with Crippen molar-refractivity contribution < 1.29 is 21.6 Å². The number of nitrogens with zero attached hydrogens (tertiary/aromatic N) is 2. The number of sulfonamides is 1. The van der Waals surface area contributed by atoms with Crippen LogP contribution in [0.4, 0.5) is 36.3 Å². The first-order valence-corrected chi connectivity index (χ1v) is 11.3. The molecular formula is C21H22F3N5O2S. The van der Waals surface area contributed by atoms with Crippen LogP contribution in [0.1, 0.15) is 23.6 Å². The van der Waals surface area contributed by atoms with Gasteiger partial charge < -0.3 is 10.6 Å². The molecule has 0 amide bonds. The average Bonchev–Trinajstić information content (AvgIpc) is 2.74. The van der Waals surface area contributed by atoms with Crippen LogP contribution in [0.25, 0.3) is 0 Å². The highest BCUT2D eigenvalue weighted by Crippen LogP contribution is 2.34. The number of benzene rings is 2. The Morgan fingerprint density at radius 1 is 1.06 bits per heavy atom. The van der Waals surface area contributed by atoms with E-state index < -0.39 is 27.6 Å². The second-order valence-corrected chi connectivity index (χ2v) is 8.98. The number of aryl methyl sites for hydroxylation is 1. The van der Waals surface area contributed by atoms with Crippen molar-refractivity contribution in [3.8, 4) is 0 Å². The minimum atomic E-state index is -4.67. The molecule has 11 heteroatoms. The largest absolute Gasteiger partial charge is 0.421 e. The van der Waals surface area contributed by atoms with E-state index in [1.807, 2.05) is 0 Å². The topological polar surface area (TPSA) is 96.0 Å². The number of para-hydroxylation sites is 1. The van der Waals surface area contributed by atoms with Crippen LogP contribution in [0.2, 0.25) is 0 Å². The highest BCUT2D eigenvalue weighted by atomic mass is 32.2. The third-order valence-corrected chi connectivity index (χ3v) is 5.77. The second kappa shape index (κ2) is 9.43. The molecule has 0 bridgehead atoms. The lowest BCUT2D eigenvalue weighted by molar-refractivity contribution is -0.137. The lowest BCUT2D eigenvalue weighted by Crippen LogP contribution is -2.18. The molecule has 3 N–H and O–H groups in total. The van der Waals surface area contributed by atoms with Gasteiger partial charge in [-0.15, -0.1) is 0 Å². The average molecular weight is 466 g/mol. The van der Waals surface area contributed by atoms with Crippen molar-refractivity contribution in [2.24, 2.45) is 0 Å². The van der Waals surface area contributed by atoms with E-state index in [0.29, 0.717) is 17.4 Å². The molecule has 0 unspecified atom stereocenters. The predicted octanol–water partition coefficient (Wildman–Crippen LogP) is 4.92. The number of anilines is 4. The molecule has 32 heavy (non-hydrogen) atoms. The highest BCUT2D eigenvalue weighted by Gasteiger charge is 2.35. The van der Waals surface area contributed by atoms with Crippen molar-refractivity contribution in [1.29, 1.82) is 0 Å². The van der Waals surface area contributed by atoms with E-state index in [1.54, 1.807) is 55.5 Å². The van der Waals surface area contributed by atoms with Gasteiger partial charge in [-0.3, -0.25) is 4.72 Å². The van der Waals surface area contributed by atoms with Gasteiger partial charge in [-0.1, -0.05) is 35.9 Å². The standard InChI is InChI=1S/C21H22F3N5O2S/c1-3-32(30,31)29-18-10-9-14(2)11-15(18)12-25-19-17(21(22,23)24)13-26-20(28-19)27-16-7-5-4-6-8-16/h4-11,13,29H,3,12H2,1-2H3,(H2,25,26,27,28). The smallest absolute Gasteiger partial charge is 0.365 e. The summed E-state index contributed by atoms with van der Waals surface area (Å²) >= 11 is 0. The number of halogens is 3. The third kappa shape index (κ3) is 6.10. The Morgan fingerprint density at radius 2 is 1.78 bits per heavy atom. The molecule has 7 nitrogen and oxygen atoms in total. The molecule has 2 aromatic carbocycles. The van der Waals surface area contributed by atoms with Gasteiger partial charge in [0, 0.05) is 18.4 Å². The van der Waals surface area contributed by atoms with E-state index >= 15 is 0 Å². The first-order valence-electron chi connectivity index (χ1n) is 9.67. The monoisotopic (exact) mass is 465 g/mol. The summed E-state index contributed by atoms with van der Waals surface area (Å²) < 4.78 is 66.9. The molecule has 1 heterocycles. The summed E-state index contributed by atoms with van der Waals surface area (Å²) in [6.07, 6.45) is -3.97. The first kappa shape index (κ1) is 23.3. The zero-order valence-electron chi connectivity index (χ0n) is 17.4. The number of rotatable bonds is 8. The maximum absolute atomic E-state index is 13.5. The van der Waals surface area contributed by atoms with Crippen molar-refractivity contribution in [3.63, 3.8) is 0 Å². The molecule has 170 valence electrons. The van der Waals surface area contributed by atoms with E-state index in [2.05, 4.69) is 25.3 Å². The Labute approximate surface area is 184 Å². The zero-order chi connectivity index (χ0) is 23.4. The van der Waals surface area contributed by atoms with Crippen LogP contribution in [0, 0.1) is 6.92 Å². The van der Waals surface area contributed by atoms with Gasteiger partial charge >= 0.3 is 6.18 Å². The Bertz CT molecular complexity index is 1190. The van der Waals surface area contributed by atoms with E-state index in [1.165, 1.54) is 6.92 Å². The zero-order valence-corrected chi connectivity index (χ0v) is 18.2. The summed E-state index contributed by atoms with van der Waals surface area (Å²) in [5.74, 6) is -0.563. The fourth-order valence-corrected chi connectivity index (χ4v) is 3.50. The molecule has 0 saturated carbocycles. The summed E-state index contributed by atoms with van der Waals surface area (Å²) in [5, 5.41) is 5.55. The first-order chi connectivity index (χ1) is 15.1. The maximum atomic E-state index is 13.5. The molecule has 1 aromatic heterocycles. The maximum Gasteiger partial charge on any atom is 0.421 e. The van der Waals surface area contributed by atoms with Gasteiger partial charge in [-0.25, -0.2) is 13.4 Å². The van der Waals surface area contributed by atoms with E-state index in [0.717, 1.165) is 5.56 Å². The molecule has 0 saturated heterocycles. The summed E-state index contributed by atoms with van der Waals surface area (Å²) in [7, 11) is -3.56. The van der Waals surface area contributed by atoms with Crippen LogP contribution in [-0.4, -0.2) is 24.1 Å². The summed E-state index contributed by atoms with van der Waals surface area (Å²) in [4.78, 5) is 7.77. The third-order valence-electron chi connectivity index (χ3n) is 4.48. The number of nitrogens with one attached hydrogen (secondary N) is 3. The summed E-state index contributed by atoms with van der Waals surface area (Å²) in [6.45, 7) is 3.20. The molecule has 0 spiro atoms. The second-order valence-electron chi connectivity index (χ2n) is 6.96. The van der Waals surface area contributed by atoms with Crippen LogP contribution in [0.3, 0.4) is 0 Å². The molecule has 3 aromatic rings. The van der Waals surface area contributed by atoms with Gasteiger partial charge in [-0.2, -0.15) is 18.2 Å². The minimum absolute atomic E-state index is 0.0112. The molecule has 0 aliphatic carbocycles. The Kier molecular flexibility index (Phi) is 6.87. The Morgan fingerprint density at radius 3 is 2.44 bits per heavy atom. The Balaban J connectivity index is 1.91. The van der Waals surface area contributed by atoms with E-state index in [9.17, 15) is 21.6 Å². The number of aromatic nitrogens is 2. The number of hydrogen-bond donors (Lipinski definition) is 3. The lowest BCUT2D eigenvalue weighted by atomic mass is 10.1. The molecule has 0 fully saturated rings. The van der Waals surface area contributed by atoms with Crippen molar-refractivity contribution in [1.82, 2.24) is 9.97 Å². The molecule has 3 rings (SSSR count). The molecular weight excluding hydrogens is 443 g/mol. The Hall–Kier alpha value is -3.34. The summed E-state index contributed by atoms with van der Waals surface area (Å²) in [5.41, 5.74) is 1.18. The molecule has 0 atom stereocenters. The molecule has 0 aliphatic rings. The van der Waals surface area contributed by atoms with Crippen LogP contribution in [0.5, 0.6) is 0 Å². The van der Waals surface area contributed by atoms with Crippen LogP contribution < -0.4 is 15.4 Å². The van der Waals surface area contributed by atoms with Crippen molar-refractivity contribution in [3.05, 3.63) is 71.4 Å². The number of hydrogen-bond acceptors (Lipinski definition) is 6. The van der Waals surface area contributed by atoms with Gasteiger partial charge in [0.25, 0.3) is 0 Å². The van der Waals surface area contributed by atoms with Gasteiger partial charge in [0.05, 0.1) is 11.4 Å². The van der Waals surface area contributed by atoms with Gasteiger partial charge in [0.2, 0.25) is 16.0 Å². The van der Waals surface area contributed by atoms with Crippen LogP contribution >= 0.6 is 0 Å². The normalized spacial score (nSPS) is 11.8. The predicted molar refractivity (Wildman–Crippen MR) is 118 cm³/mol. The van der Waals surface area contributed by atoms with Gasteiger partial charge in [0.1, 0.15) is 11.4 Å². The molecule has 0 radical (unpaired) electrons. The lowest BCUT2D eigenvalue weighted by Gasteiger charge is -2.17. The van der Waals surface area contributed by atoms with E-state index in [4.69, 9.17) is 0 Å². The van der Waals surface area contributed by atoms with Crippen molar-refractivity contribution in [2.75, 3.05) is 21.1 Å². The van der Waals surface area contributed by atoms with E-state index in [-0.39, 0.29) is 23.9 Å².